The van der Waals surface area contributed by atoms with Crippen molar-refractivity contribution in [2.45, 2.75) is 42.7 Å². The average Bonchev–Trinajstić information content (AvgIpc) is 2.38. The maximum absolute atomic E-state index is 13.4. The summed E-state index contributed by atoms with van der Waals surface area (Å²) in [7, 11) is -3.94. The Balaban J connectivity index is 2.08. The molecule has 0 aromatic carbocycles. The summed E-state index contributed by atoms with van der Waals surface area (Å²) in [6.45, 7) is 0.116. The highest BCUT2D eigenvalue weighted by Gasteiger charge is 2.30. The molecule has 106 valence electrons. The molecular weight excluding hydrogens is 269 g/mol. The lowest BCUT2D eigenvalue weighted by Crippen LogP contribution is -2.51. The Morgan fingerprint density at radius 1 is 1.37 bits per heavy atom. The van der Waals surface area contributed by atoms with Crippen molar-refractivity contribution in [1.82, 2.24) is 9.71 Å². The first-order chi connectivity index (χ1) is 8.93. The first-order valence-electron chi connectivity index (χ1n) is 6.32. The lowest BCUT2D eigenvalue weighted by molar-refractivity contribution is 0.296. The van der Waals surface area contributed by atoms with Crippen molar-refractivity contribution in [2.75, 3.05) is 6.54 Å². The average molecular weight is 287 g/mol. The maximum atomic E-state index is 13.4. The molecule has 1 aromatic heterocycles. The zero-order valence-electron chi connectivity index (χ0n) is 10.6. The summed E-state index contributed by atoms with van der Waals surface area (Å²) in [5.74, 6) is -0.857. The molecule has 0 unspecified atom stereocenters. The van der Waals surface area contributed by atoms with Crippen LogP contribution in [0, 0.1) is 5.82 Å². The Morgan fingerprint density at radius 3 is 2.68 bits per heavy atom. The molecule has 7 heteroatoms. The maximum Gasteiger partial charge on any atom is 0.261 e. The van der Waals surface area contributed by atoms with Gasteiger partial charge in [0.05, 0.1) is 0 Å². The number of hydrogen-bond donors (Lipinski definition) is 2. The third kappa shape index (κ3) is 3.49. The lowest BCUT2D eigenvalue weighted by Gasteiger charge is -2.33. The normalized spacial score (nSPS) is 19.3. The van der Waals surface area contributed by atoms with Crippen LogP contribution in [0.1, 0.15) is 32.1 Å². The molecule has 1 fully saturated rings. The monoisotopic (exact) mass is 287 g/mol. The standard InChI is InChI=1S/C12H18FN3O2S/c13-10-5-4-8-15-11(10)19(17,18)16-9-12(14)6-2-1-3-7-12/h4-5,8,16H,1-3,6-7,9,14H2. The minimum absolute atomic E-state index is 0.116. The van der Waals surface area contributed by atoms with E-state index in [1.54, 1.807) is 0 Å². The van der Waals surface area contributed by atoms with Gasteiger partial charge in [0.25, 0.3) is 10.0 Å². The molecule has 0 radical (unpaired) electrons. The summed E-state index contributed by atoms with van der Waals surface area (Å²) in [6, 6.07) is 2.42. The van der Waals surface area contributed by atoms with Gasteiger partial charge in [0.15, 0.2) is 5.82 Å². The van der Waals surface area contributed by atoms with Gasteiger partial charge in [0.2, 0.25) is 5.03 Å². The van der Waals surface area contributed by atoms with Crippen LogP contribution in [-0.2, 0) is 10.0 Å². The van der Waals surface area contributed by atoms with E-state index in [4.69, 9.17) is 5.73 Å². The largest absolute Gasteiger partial charge is 0.324 e. The predicted octanol–water partition coefficient (Wildman–Crippen LogP) is 1.16. The van der Waals surface area contributed by atoms with Crippen molar-refractivity contribution in [1.29, 1.82) is 0 Å². The van der Waals surface area contributed by atoms with Gasteiger partial charge < -0.3 is 5.73 Å². The van der Waals surface area contributed by atoms with Crippen LogP contribution in [0.4, 0.5) is 4.39 Å². The quantitative estimate of drug-likeness (QED) is 0.870. The van der Waals surface area contributed by atoms with E-state index in [1.807, 2.05) is 0 Å². The number of pyridine rings is 1. The van der Waals surface area contributed by atoms with Crippen LogP contribution in [0.3, 0.4) is 0 Å². The van der Waals surface area contributed by atoms with E-state index < -0.39 is 26.4 Å². The number of sulfonamides is 1. The van der Waals surface area contributed by atoms with Crippen LogP contribution < -0.4 is 10.5 Å². The van der Waals surface area contributed by atoms with Crippen LogP contribution in [-0.4, -0.2) is 25.5 Å². The van der Waals surface area contributed by atoms with Crippen molar-refractivity contribution in [3.05, 3.63) is 24.1 Å². The molecule has 0 bridgehead atoms. The van der Waals surface area contributed by atoms with Gasteiger partial charge >= 0.3 is 0 Å². The Hall–Kier alpha value is -1.05. The molecule has 1 heterocycles. The molecule has 0 aliphatic heterocycles. The molecule has 0 atom stereocenters. The minimum atomic E-state index is -3.94. The molecule has 0 amide bonds. The fourth-order valence-corrected chi connectivity index (χ4v) is 3.45. The van der Waals surface area contributed by atoms with E-state index in [-0.39, 0.29) is 6.54 Å². The Kier molecular flexibility index (Phi) is 4.17. The zero-order valence-corrected chi connectivity index (χ0v) is 11.4. The summed E-state index contributed by atoms with van der Waals surface area (Å²) < 4.78 is 39.7. The van der Waals surface area contributed by atoms with E-state index in [1.165, 1.54) is 12.3 Å². The van der Waals surface area contributed by atoms with Gasteiger partial charge in [-0.05, 0) is 25.0 Å². The predicted molar refractivity (Wildman–Crippen MR) is 69.4 cm³/mol. The number of nitrogens with one attached hydrogen (secondary N) is 1. The molecule has 3 N–H and O–H groups in total. The Morgan fingerprint density at radius 2 is 2.05 bits per heavy atom. The van der Waals surface area contributed by atoms with E-state index in [0.717, 1.165) is 38.2 Å². The number of nitrogens with two attached hydrogens (primary N) is 1. The SMILES string of the molecule is NC1(CNS(=O)(=O)c2ncccc2F)CCCCC1. The number of rotatable bonds is 4. The number of hydrogen-bond acceptors (Lipinski definition) is 4. The second-order valence-corrected chi connectivity index (χ2v) is 6.72. The van der Waals surface area contributed by atoms with Crippen LogP contribution >= 0.6 is 0 Å². The highest BCUT2D eigenvalue weighted by atomic mass is 32.2. The molecule has 19 heavy (non-hydrogen) atoms. The lowest BCUT2D eigenvalue weighted by atomic mass is 9.83. The summed E-state index contributed by atoms with van der Waals surface area (Å²) in [5.41, 5.74) is 5.61. The third-order valence-electron chi connectivity index (χ3n) is 3.44. The molecule has 1 aliphatic carbocycles. The summed E-state index contributed by atoms with van der Waals surface area (Å²) in [6.07, 6.45) is 5.92. The third-order valence-corrected chi connectivity index (χ3v) is 4.78. The minimum Gasteiger partial charge on any atom is -0.324 e. The van der Waals surface area contributed by atoms with Gasteiger partial charge in [0, 0.05) is 18.3 Å². The van der Waals surface area contributed by atoms with Crippen molar-refractivity contribution < 1.29 is 12.8 Å². The van der Waals surface area contributed by atoms with Gasteiger partial charge in [-0.25, -0.2) is 22.5 Å². The molecule has 1 aliphatic rings. The second-order valence-electron chi connectivity index (χ2n) is 5.04. The van der Waals surface area contributed by atoms with Crippen molar-refractivity contribution in [2.24, 2.45) is 5.73 Å². The summed E-state index contributed by atoms with van der Waals surface area (Å²) in [5, 5.41) is -0.575. The van der Waals surface area contributed by atoms with Crippen LogP contribution in [0.5, 0.6) is 0 Å². The molecular formula is C12H18FN3O2S. The van der Waals surface area contributed by atoms with Gasteiger partial charge in [-0.15, -0.1) is 0 Å². The van der Waals surface area contributed by atoms with Crippen molar-refractivity contribution in [3.63, 3.8) is 0 Å². The van der Waals surface area contributed by atoms with Crippen LogP contribution in [0.25, 0.3) is 0 Å². The number of aromatic nitrogens is 1. The van der Waals surface area contributed by atoms with E-state index in [9.17, 15) is 12.8 Å². The Labute approximate surface area is 112 Å². The summed E-state index contributed by atoms with van der Waals surface area (Å²) >= 11 is 0. The Bertz CT molecular complexity index is 542. The number of nitrogens with zero attached hydrogens (tertiary/aromatic N) is 1. The van der Waals surface area contributed by atoms with Gasteiger partial charge in [-0.2, -0.15) is 0 Å². The van der Waals surface area contributed by atoms with E-state index in [0.29, 0.717) is 0 Å². The molecule has 1 aromatic rings. The highest BCUT2D eigenvalue weighted by molar-refractivity contribution is 7.89. The fraction of sp³-hybridized carbons (Fsp3) is 0.583. The fourth-order valence-electron chi connectivity index (χ4n) is 2.31. The van der Waals surface area contributed by atoms with Crippen molar-refractivity contribution in [3.8, 4) is 0 Å². The first-order valence-corrected chi connectivity index (χ1v) is 7.80. The highest BCUT2D eigenvalue weighted by Crippen LogP contribution is 2.25. The molecule has 2 rings (SSSR count). The second kappa shape index (κ2) is 5.52. The molecule has 1 saturated carbocycles. The van der Waals surface area contributed by atoms with Gasteiger partial charge in [-0.3, -0.25) is 0 Å². The topological polar surface area (TPSA) is 85.1 Å². The molecule has 0 spiro atoms. The first kappa shape index (κ1) is 14.4. The van der Waals surface area contributed by atoms with Gasteiger partial charge in [-0.1, -0.05) is 19.3 Å². The van der Waals surface area contributed by atoms with E-state index in [2.05, 4.69) is 9.71 Å². The van der Waals surface area contributed by atoms with Crippen LogP contribution in [0.2, 0.25) is 0 Å². The van der Waals surface area contributed by atoms with E-state index >= 15 is 0 Å². The smallest absolute Gasteiger partial charge is 0.261 e. The van der Waals surface area contributed by atoms with Crippen molar-refractivity contribution >= 4 is 10.0 Å². The number of halogens is 1. The zero-order chi connectivity index (χ0) is 13.9. The summed E-state index contributed by atoms with van der Waals surface area (Å²) in [4.78, 5) is 3.57. The molecule has 0 saturated heterocycles. The van der Waals surface area contributed by atoms with Gasteiger partial charge in [0.1, 0.15) is 0 Å². The van der Waals surface area contributed by atoms with Crippen LogP contribution in [0.15, 0.2) is 23.4 Å². The molecule has 5 nitrogen and oxygen atoms in total.